The maximum Gasteiger partial charge on any atom is 0.282 e. The van der Waals surface area contributed by atoms with E-state index in [1.807, 2.05) is 18.2 Å². The van der Waals surface area contributed by atoms with Gasteiger partial charge in [0.2, 0.25) is 0 Å². The van der Waals surface area contributed by atoms with Gasteiger partial charge in [-0.15, -0.1) is 6.58 Å². The van der Waals surface area contributed by atoms with E-state index in [-0.39, 0.29) is 18.1 Å². The van der Waals surface area contributed by atoms with Crippen LogP contribution in [0.5, 0.6) is 11.5 Å². The van der Waals surface area contributed by atoms with E-state index in [9.17, 15) is 14.0 Å². The minimum Gasteiger partial charge on any atom is -0.493 e. The SMILES string of the molecule is C=CCc1cc(C=Nn2c(C3CCCCC3)nc3ccc(Br)cc3c2=O)cc(OC)c1OCC(=O)Nc1ccc(F)cc1. The molecule has 1 N–H and O–H groups in total. The van der Waals surface area contributed by atoms with Crippen molar-refractivity contribution in [3.05, 3.63) is 105 Å². The van der Waals surface area contributed by atoms with E-state index in [1.165, 1.54) is 42.5 Å². The van der Waals surface area contributed by atoms with Crippen molar-refractivity contribution in [2.45, 2.75) is 44.4 Å². The van der Waals surface area contributed by atoms with Crippen LogP contribution in [0.2, 0.25) is 0 Å². The summed E-state index contributed by atoms with van der Waals surface area (Å²) in [6, 6.07) is 14.6. The third-order valence-corrected chi connectivity index (χ3v) is 7.83. The van der Waals surface area contributed by atoms with Crippen molar-refractivity contribution in [1.82, 2.24) is 9.66 Å². The van der Waals surface area contributed by atoms with Gasteiger partial charge >= 0.3 is 0 Å². The lowest BCUT2D eigenvalue weighted by molar-refractivity contribution is -0.118. The van der Waals surface area contributed by atoms with Gasteiger partial charge in [0.05, 0.1) is 24.2 Å². The average molecular weight is 648 g/mol. The minimum atomic E-state index is -0.408. The molecule has 0 radical (unpaired) electrons. The van der Waals surface area contributed by atoms with Gasteiger partial charge in [0, 0.05) is 21.6 Å². The number of ether oxygens (including phenoxy) is 2. The second-order valence-corrected chi connectivity index (χ2v) is 11.3. The molecule has 0 spiro atoms. The number of carbonyl (C=O) groups excluding carboxylic acids is 1. The van der Waals surface area contributed by atoms with Crippen molar-refractivity contribution in [2.24, 2.45) is 5.10 Å². The lowest BCUT2D eigenvalue weighted by Gasteiger charge is -2.22. The molecule has 1 fully saturated rings. The largest absolute Gasteiger partial charge is 0.493 e. The molecule has 10 heteroatoms. The van der Waals surface area contributed by atoms with E-state index < -0.39 is 11.7 Å². The van der Waals surface area contributed by atoms with Gasteiger partial charge in [0.25, 0.3) is 11.5 Å². The number of carbonyl (C=O) groups is 1. The van der Waals surface area contributed by atoms with Crippen LogP contribution in [-0.2, 0) is 11.2 Å². The first kappa shape index (κ1) is 30.2. The highest BCUT2D eigenvalue weighted by Crippen LogP contribution is 2.34. The molecule has 0 saturated heterocycles. The number of nitrogens with one attached hydrogen (secondary N) is 1. The molecule has 1 amide bonds. The molecule has 1 aromatic heterocycles. The van der Waals surface area contributed by atoms with Crippen molar-refractivity contribution in [3.63, 3.8) is 0 Å². The summed E-state index contributed by atoms with van der Waals surface area (Å²) in [5.41, 5.74) is 2.28. The Morgan fingerprint density at radius 2 is 1.93 bits per heavy atom. The summed E-state index contributed by atoms with van der Waals surface area (Å²) in [7, 11) is 1.51. The van der Waals surface area contributed by atoms with Crippen LogP contribution >= 0.6 is 15.9 Å². The van der Waals surface area contributed by atoms with E-state index in [4.69, 9.17) is 14.5 Å². The van der Waals surface area contributed by atoms with Gasteiger partial charge in [-0.05, 0) is 79.4 Å². The van der Waals surface area contributed by atoms with Gasteiger partial charge in [0.15, 0.2) is 18.1 Å². The van der Waals surface area contributed by atoms with Crippen molar-refractivity contribution in [1.29, 1.82) is 0 Å². The molecule has 1 aliphatic carbocycles. The van der Waals surface area contributed by atoms with Crippen molar-refractivity contribution in [3.8, 4) is 11.5 Å². The fraction of sp³-hybridized carbons (Fsp3) is 0.273. The number of methoxy groups -OCH3 is 1. The lowest BCUT2D eigenvalue weighted by Crippen LogP contribution is -2.25. The van der Waals surface area contributed by atoms with Crippen LogP contribution in [0.3, 0.4) is 0 Å². The number of anilines is 1. The Morgan fingerprint density at radius 1 is 1.16 bits per heavy atom. The monoisotopic (exact) mass is 646 g/mol. The fourth-order valence-corrected chi connectivity index (χ4v) is 5.64. The Morgan fingerprint density at radius 3 is 2.65 bits per heavy atom. The van der Waals surface area contributed by atoms with Gasteiger partial charge in [-0.2, -0.15) is 9.78 Å². The molecule has 8 nitrogen and oxygen atoms in total. The minimum absolute atomic E-state index is 0.148. The second-order valence-electron chi connectivity index (χ2n) is 10.4. The molecular formula is C33H32BrFN4O4. The summed E-state index contributed by atoms with van der Waals surface area (Å²) in [5, 5.41) is 7.82. The van der Waals surface area contributed by atoms with Gasteiger partial charge in [0.1, 0.15) is 11.6 Å². The number of hydrogen-bond donors (Lipinski definition) is 1. The van der Waals surface area contributed by atoms with E-state index >= 15 is 0 Å². The molecule has 4 aromatic rings. The van der Waals surface area contributed by atoms with Crippen LogP contribution in [0.1, 0.15) is 55.0 Å². The highest BCUT2D eigenvalue weighted by Gasteiger charge is 2.23. The predicted molar refractivity (Wildman–Crippen MR) is 170 cm³/mol. The summed E-state index contributed by atoms with van der Waals surface area (Å²) >= 11 is 3.46. The van der Waals surface area contributed by atoms with Gasteiger partial charge in [-0.1, -0.05) is 41.3 Å². The third-order valence-electron chi connectivity index (χ3n) is 7.34. The number of halogens is 2. The summed E-state index contributed by atoms with van der Waals surface area (Å²) in [6.07, 6.45) is 9.05. The molecule has 0 bridgehead atoms. The Bertz CT molecular complexity index is 1730. The number of benzene rings is 3. The highest BCUT2D eigenvalue weighted by atomic mass is 79.9. The Kier molecular flexibility index (Phi) is 9.66. The number of aromatic nitrogens is 2. The number of rotatable bonds is 10. The zero-order valence-electron chi connectivity index (χ0n) is 23.8. The maximum atomic E-state index is 13.7. The number of nitrogens with zero attached hydrogens (tertiary/aromatic N) is 3. The zero-order valence-corrected chi connectivity index (χ0v) is 25.4. The summed E-state index contributed by atoms with van der Waals surface area (Å²) in [4.78, 5) is 31.1. The van der Waals surface area contributed by atoms with E-state index in [2.05, 4.69) is 32.9 Å². The van der Waals surface area contributed by atoms with Crippen molar-refractivity contribution in [2.75, 3.05) is 19.0 Å². The Labute approximate surface area is 257 Å². The number of amides is 1. The number of allylic oxidation sites excluding steroid dienone is 1. The van der Waals surface area contributed by atoms with E-state index in [0.717, 1.165) is 35.7 Å². The Hall–Kier alpha value is -4.31. The second kappa shape index (κ2) is 13.8. The smallest absolute Gasteiger partial charge is 0.282 e. The van der Waals surface area contributed by atoms with Crippen LogP contribution in [0.15, 0.2) is 81.6 Å². The Balaban J connectivity index is 1.46. The summed E-state index contributed by atoms with van der Waals surface area (Å²) < 4.78 is 26.9. The quantitative estimate of drug-likeness (QED) is 0.148. The molecule has 5 rings (SSSR count). The van der Waals surface area contributed by atoms with Crippen LogP contribution < -0.4 is 20.3 Å². The maximum absolute atomic E-state index is 13.7. The molecule has 1 heterocycles. The van der Waals surface area contributed by atoms with Crippen molar-refractivity contribution < 1.29 is 18.7 Å². The summed E-state index contributed by atoms with van der Waals surface area (Å²) in [6.45, 7) is 3.56. The topological polar surface area (TPSA) is 94.8 Å². The fourth-order valence-electron chi connectivity index (χ4n) is 5.28. The standard InChI is InChI=1S/C33H32BrFN4O4/c1-3-7-23-16-21(17-29(42-2)31(23)43-20-30(40)37-26-13-11-25(35)12-14-26)19-36-39-32(22-8-5-4-6-9-22)38-28-15-10-24(34)18-27(28)33(39)41/h3,10-19,22H,1,4-9,20H2,2H3,(H,37,40). The number of hydrogen-bond acceptors (Lipinski definition) is 6. The molecule has 1 saturated carbocycles. The predicted octanol–water partition coefficient (Wildman–Crippen LogP) is 6.98. The molecule has 1 aliphatic rings. The van der Waals surface area contributed by atoms with Crippen LogP contribution in [0.4, 0.5) is 10.1 Å². The van der Waals surface area contributed by atoms with Crippen LogP contribution in [0.25, 0.3) is 10.9 Å². The molecule has 0 atom stereocenters. The summed E-state index contributed by atoms with van der Waals surface area (Å²) in [5.74, 6) is 0.808. The first-order valence-corrected chi connectivity index (χ1v) is 14.9. The molecule has 0 unspecified atom stereocenters. The van der Waals surface area contributed by atoms with Gasteiger partial charge in [-0.25, -0.2) is 9.37 Å². The molecule has 0 aliphatic heterocycles. The molecule has 3 aromatic carbocycles. The lowest BCUT2D eigenvalue weighted by atomic mass is 9.88. The molecule has 222 valence electrons. The molecular weight excluding hydrogens is 615 g/mol. The van der Waals surface area contributed by atoms with E-state index in [1.54, 1.807) is 24.4 Å². The van der Waals surface area contributed by atoms with Crippen LogP contribution in [-0.4, -0.2) is 35.5 Å². The zero-order chi connectivity index (χ0) is 30.3. The van der Waals surface area contributed by atoms with Gasteiger partial charge < -0.3 is 14.8 Å². The van der Waals surface area contributed by atoms with Gasteiger partial charge in [-0.3, -0.25) is 9.59 Å². The van der Waals surface area contributed by atoms with E-state index in [0.29, 0.717) is 45.9 Å². The average Bonchev–Trinajstić information content (AvgIpc) is 3.01. The first-order valence-electron chi connectivity index (χ1n) is 14.1. The molecule has 43 heavy (non-hydrogen) atoms. The normalized spacial score (nSPS) is 13.7. The highest BCUT2D eigenvalue weighted by molar-refractivity contribution is 9.10. The number of fused-ring (bicyclic) bond motifs is 1. The van der Waals surface area contributed by atoms with Crippen molar-refractivity contribution >= 4 is 44.6 Å². The third kappa shape index (κ3) is 7.19. The van der Waals surface area contributed by atoms with Crippen LogP contribution in [0, 0.1) is 5.82 Å². The first-order chi connectivity index (χ1) is 20.9.